The summed E-state index contributed by atoms with van der Waals surface area (Å²) in [7, 11) is 0. The van der Waals surface area contributed by atoms with Crippen molar-refractivity contribution in [2.75, 3.05) is 13.1 Å². The molecule has 0 saturated carbocycles. The molecule has 0 bridgehead atoms. The van der Waals surface area contributed by atoms with Crippen molar-refractivity contribution in [3.63, 3.8) is 0 Å². The van der Waals surface area contributed by atoms with Crippen molar-refractivity contribution in [1.82, 2.24) is 4.90 Å². The van der Waals surface area contributed by atoms with Gasteiger partial charge in [-0.25, -0.2) is 4.39 Å². The van der Waals surface area contributed by atoms with Crippen LogP contribution in [-0.2, 0) is 11.3 Å². The maximum atomic E-state index is 13.5. The molecule has 1 aromatic rings. The van der Waals surface area contributed by atoms with Gasteiger partial charge in [-0.05, 0) is 12.0 Å². The van der Waals surface area contributed by atoms with E-state index in [9.17, 15) is 9.18 Å². The summed E-state index contributed by atoms with van der Waals surface area (Å²) in [5.74, 6) is -0.635. The SMILES string of the molecule is CC(C)CN(CCC(=O)O)Cc1ccccc1F. The first-order valence-corrected chi connectivity index (χ1v) is 6.16. The number of rotatable bonds is 7. The molecule has 0 aromatic heterocycles. The summed E-state index contributed by atoms with van der Waals surface area (Å²) >= 11 is 0. The Kier molecular flexibility index (Phi) is 5.78. The Labute approximate surface area is 107 Å². The number of benzene rings is 1. The van der Waals surface area contributed by atoms with Gasteiger partial charge in [-0.3, -0.25) is 9.69 Å². The number of hydrogen-bond acceptors (Lipinski definition) is 2. The molecule has 100 valence electrons. The molecule has 0 amide bonds. The van der Waals surface area contributed by atoms with Crippen LogP contribution < -0.4 is 0 Å². The van der Waals surface area contributed by atoms with Gasteiger partial charge in [0.05, 0.1) is 6.42 Å². The van der Waals surface area contributed by atoms with Crippen LogP contribution in [0.5, 0.6) is 0 Å². The van der Waals surface area contributed by atoms with Crippen molar-refractivity contribution in [3.05, 3.63) is 35.6 Å². The highest BCUT2D eigenvalue weighted by Gasteiger charge is 2.12. The van der Waals surface area contributed by atoms with Gasteiger partial charge in [0.25, 0.3) is 0 Å². The Morgan fingerprint density at radius 3 is 2.61 bits per heavy atom. The summed E-state index contributed by atoms with van der Waals surface area (Å²) in [6, 6.07) is 6.62. The summed E-state index contributed by atoms with van der Waals surface area (Å²) in [6.45, 7) is 5.80. The van der Waals surface area contributed by atoms with Gasteiger partial charge in [-0.1, -0.05) is 32.0 Å². The summed E-state index contributed by atoms with van der Waals surface area (Å²) in [6.07, 6.45) is 0.0845. The molecule has 0 unspecified atom stereocenters. The molecule has 0 aliphatic carbocycles. The fraction of sp³-hybridized carbons (Fsp3) is 0.500. The van der Waals surface area contributed by atoms with E-state index in [4.69, 9.17) is 5.11 Å². The minimum atomic E-state index is -0.822. The lowest BCUT2D eigenvalue weighted by atomic mass is 10.1. The molecule has 1 rings (SSSR count). The number of carboxylic acids is 1. The first kappa shape index (κ1) is 14.6. The van der Waals surface area contributed by atoms with Crippen molar-refractivity contribution in [2.24, 2.45) is 5.92 Å². The summed E-state index contributed by atoms with van der Waals surface area (Å²) in [4.78, 5) is 12.6. The number of carbonyl (C=O) groups is 1. The van der Waals surface area contributed by atoms with Crippen LogP contribution in [0, 0.1) is 11.7 Å². The van der Waals surface area contributed by atoms with Crippen LogP contribution in [0.1, 0.15) is 25.8 Å². The number of aliphatic carboxylic acids is 1. The molecule has 1 aromatic carbocycles. The van der Waals surface area contributed by atoms with E-state index >= 15 is 0 Å². The molecular weight excluding hydrogens is 233 g/mol. The predicted molar refractivity (Wildman–Crippen MR) is 68.8 cm³/mol. The van der Waals surface area contributed by atoms with Gasteiger partial charge in [-0.15, -0.1) is 0 Å². The van der Waals surface area contributed by atoms with Crippen molar-refractivity contribution in [1.29, 1.82) is 0 Å². The minimum absolute atomic E-state index is 0.0845. The first-order chi connectivity index (χ1) is 8.49. The Hall–Kier alpha value is -1.42. The highest BCUT2D eigenvalue weighted by atomic mass is 19.1. The van der Waals surface area contributed by atoms with E-state index in [0.29, 0.717) is 24.6 Å². The van der Waals surface area contributed by atoms with Gasteiger partial charge in [0.2, 0.25) is 0 Å². The van der Waals surface area contributed by atoms with E-state index in [-0.39, 0.29) is 12.2 Å². The van der Waals surface area contributed by atoms with E-state index in [0.717, 1.165) is 6.54 Å². The lowest BCUT2D eigenvalue weighted by Crippen LogP contribution is -2.30. The zero-order valence-electron chi connectivity index (χ0n) is 10.9. The predicted octanol–water partition coefficient (Wildman–Crippen LogP) is 2.76. The second kappa shape index (κ2) is 7.11. The monoisotopic (exact) mass is 253 g/mol. The summed E-state index contributed by atoms with van der Waals surface area (Å²) < 4.78 is 13.5. The molecule has 1 N–H and O–H groups in total. The van der Waals surface area contributed by atoms with Crippen LogP contribution in [-0.4, -0.2) is 29.1 Å². The van der Waals surface area contributed by atoms with Gasteiger partial charge in [0.1, 0.15) is 5.82 Å². The van der Waals surface area contributed by atoms with Crippen LogP contribution in [0.4, 0.5) is 4.39 Å². The molecule has 0 spiro atoms. The Morgan fingerprint density at radius 1 is 1.39 bits per heavy atom. The third kappa shape index (κ3) is 5.27. The topological polar surface area (TPSA) is 40.5 Å². The number of carboxylic acid groups (broad SMARTS) is 1. The highest BCUT2D eigenvalue weighted by molar-refractivity contribution is 5.66. The smallest absolute Gasteiger partial charge is 0.304 e. The van der Waals surface area contributed by atoms with Crippen LogP contribution in [0.15, 0.2) is 24.3 Å². The number of halogens is 1. The summed E-state index contributed by atoms with van der Waals surface area (Å²) in [5, 5.41) is 8.72. The third-order valence-electron chi connectivity index (χ3n) is 2.62. The molecule has 0 heterocycles. The molecule has 4 heteroatoms. The second-order valence-corrected chi connectivity index (χ2v) is 4.86. The molecule has 0 aliphatic heterocycles. The van der Waals surface area contributed by atoms with E-state index in [2.05, 4.69) is 13.8 Å². The molecule has 0 fully saturated rings. The Morgan fingerprint density at radius 2 is 2.06 bits per heavy atom. The van der Waals surface area contributed by atoms with Gasteiger partial charge in [-0.2, -0.15) is 0 Å². The first-order valence-electron chi connectivity index (χ1n) is 6.16. The lowest BCUT2D eigenvalue weighted by molar-refractivity contribution is -0.137. The van der Waals surface area contributed by atoms with E-state index in [1.54, 1.807) is 18.2 Å². The molecule has 0 saturated heterocycles. The van der Waals surface area contributed by atoms with Crippen molar-refractivity contribution in [2.45, 2.75) is 26.8 Å². The van der Waals surface area contributed by atoms with Crippen LogP contribution in [0.25, 0.3) is 0 Å². The van der Waals surface area contributed by atoms with Crippen molar-refractivity contribution in [3.8, 4) is 0 Å². The fourth-order valence-electron chi connectivity index (χ4n) is 1.87. The third-order valence-corrected chi connectivity index (χ3v) is 2.62. The quantitative estimate of drug-likeness (QED) is 0.812. The molecule has 0 aliphatic rings. The summed E-state index contributed by atoms with van der Waals surface area (Å²) in [5.41, 5.74) is 0.614. The van der Waals surface area contributed by atoms with Crippen LogP contribution in [0.3, 0.4) is 0 Å². The molecule has 0 atom stereocenters. The fourth-order valence-corrected chi connectivity index (χ4v) is 1.87. The molecule has 0 radical (unpaired) electrons. The van der Waals surface area contributed by atoms with Gasteiger partial charge in [0, 0.05) is 25.2 Å². The standard InChI is InChI=1S/C14H20FNO2/c1-11(2)9-16(8-7-14(17)18)10-12-5-3-4-6-13(12)15/h3-6,11H,7-10H2,1-2H3,(H,17,18). The number of nitrogens with zero attached hydrogens (tertiary/aromatic N) is 1. The van der Waals surface area contributed by atoms with E-state index in [1.165, 1.54) is 6.07 Å². The van der Waals surface area contributed by atoms with Gasteiger partial charge < -0.3 is 5.11 Å². The molecule has 3 nitrogen and oxygen atoms in total. The largest absolute Gasteiger partial charge is 0.481 e. The normalized spacial score (nSPS) is 11.2. The zero-order chi connectivity index (χ0) is 13.5. The number of hydrogen-bond donors (Lipinski definition) is 1. The lowest BCUT2D eigenvalue weighted by Gasteiger charge is -2.23. The zero-order valence-corrected chi connectivity index (χ0v) is 10.9. The molecular formula is C14H20FNO2. The van der Waals surface area contributed by atoms with E-state index < -0.39 is 5.97 Å². The minimum Gasteiger partial charge on any atom is -0.481 e. The van der Waals surface area contributed by atoms with E-state index in [1.807, 2.05) is 4.90 Å². The van der Waals surface area contributed by atoms with Crippen LogP contribution in [0.2, 0.25) is 0 Å². The second-order valence-electron chi connectivity index (χ2n) is 4.86. The van der Waals surface area contributed by atoms with Crippen molar-refractivity contribution >= 4 is 5.97 Å². The maximum Gasteiger partial charge on any atom is 0.304 e. The average Bonchev–Trinajstić information content (AvgIpc) is 2.28. The maximum absolute atomic E-state index is 13.5. The average molecular weight is 253 g/mol. The van der Waals surface area contributed by atoms with Gasteiger partial charge >= 0.3 is 5.97 Å². The Balaban J connectivity index is 2.65. The Bertz CT molecular complexity index is 393. The molecule has 18 heavy (non-hydrogen) atoms. The van der Waals surface area contributed by atoms with Crippen LogP contribution >= 0.6 is 0 Å². The van der Waals surface area contributed by atoms with Gasteiger partial charge in [0.15, 0.2) is 0 Å². The highest BCUT2D eigenvalue weighted by Crippen LogP contribution is 2.11. The van der Waals surface area contributed by atoms with Crippen molar-refractivity contribution < 1.29 is 14.3 Å².